The first-order valence-corrected chi connectivity index (χ1v) is 22.1. The number of nitro groups is 1. The van der Waals surface area contributed by atoms with Gasteiger partial charge in [-0.1, -0.05) is 0 Å². The van der Waals surface area contributed by atoms with Gasteiger partial charge in [-0.2, -0.15) is 0 Å². The molecule has 21 N–H and O–H groups in total. The molecule has 0 bridgehead atoms. The number of aliphatic hydroxyl groups excluding tert-OH is 8. The summed E-state index contributed by atoms with van der Waals surface area (Å²) in [5.41, 5.74) is 36.5. The van der Waals surface area contributed by atoms with Crippen molar-refractivity contribution < 1.29 is 79.0 Å². The van der Waals surface area contributed by atoms with Crippen LogP contribution in [0.15, 0.2) is 24.3 Å². The standard InChI is InChI=1S/C35H60N8O17S2/c36-6-17-25(48)27(50)21(40)33(55-17)58-30-15(39)5-14(38)24(47)32(30)60-35-29(52)31(59-34-22(41)28(51)26(49)18(7-37)56-34)19(57-35)9-61-11-62-10-20(45)42-16(8-44)23(46)12-1-3-13(4-2-12)43(53)54/h1-4,14-19,21-35,44,46-52H,5-11,36-41H2,(H,42,45). The van der Waals surface area contributed by atoms with E-state index in [0.717, 1.165) is 11.8 Å². The lowest BCUT2D eigenvalue weighted by Crippen LogP contribution is -2.68. The maximum absolute atomic E-state index is 12.8. The van der Waals surface area contributed by atoms with Crippen molar-refractivity contribution in [2.75, 3.05) is 36.3 Å². The van der Waals surface area contributed by atoms with E-state index in [0.29, 0.717) is 0 Å². The smallest absolute Gasteiger partial charge is 0.269 e. The highest BCUT2D eigenvalue weighted by Gasteiger charge is 2.54. The van der Waals surface area contributed by atoms with Gasteiger partial charge in [0, 0.05) is 48.1 Å². The van der Waals surface area contributed by atoms with Gasteiger partial charge in [0.2, 0.25) is 5.91 Å². The third kappa shape index (κ3) is 11.9. The Kier molecular flexibility index (Phi) is 18.9. The van der Waals surface area contributed by atoms with Gasteiger partial charge in [0.25, 0.3) is 5.69 Å². The highest BCUT2D eigenvalue weighted by Crippen LogP contribution is 2.36. The molecule has 3 saturated heterocycles. The first-order valence-electron chi connectivity index (χ1n) is 19.8. The summed E-state index contributed by atoms with van der Waals surface area (Å²) < 4.78 is 36.1. The van der Waals surface area contributed by atoms with E-state index in [1.807, 2.05) is 0 Å². The highest BCUT2D eigenvalue weighted by atomic mass is 32.2. The zero-order chi connectivity index (χ0) is 45.6. The summed E-state index contributed by atoms with van der Waals surface area (Å²) in [6, 6.07) is -0.510. The van der Waals surface area contributed by atoms with Crippen molar-refractivity contribution >= 4 is 35.1 Å². The van der Waals surface area contributed by atoms with Crippen LogP contribution in [0.3, 0.4) is 0 Å². The number of non-ortho nitro benzene ring substituents is 1. The molecular weight excluding hydrogens is 869 g/mol. The highest BCUT2D eigenvalue weighted by molar-refractivity contribution is 8.16. The maximum atomic E-state index is 12.8. The molecule has 5 rings (SSSR count). The zero-order valence-corrected chi connectivity index (χ0v) is 35.0. The zero-order valence-electron chi connectivity index (χ0n) is 33.4. The Morgan fingerprint density at radius 1 is 0.758 bits per heavy atom. The van der Waals surface area contributed by atoms with Gasteiger partial charge in [-0.15, -0.1) is 23.5 Å². The second-order valence-electron chi connectivity index (χ2n) is 15.6. The van der Waals surface area contributed by atoms with Gasteiger partial charge in [-0.25, -0.2) is 0 Å². The Balaban J connectivity index is 1.25. The number of carbonyl (C=O) groups excluding carboxylic acids is 1. The van der Waals surface area contributed by atoms with Crippen LogP contribution in [0.5, 0.6) is 0 Å². The minimum atomic E-state index is -1.64. The predicted molar refractivity (Wildman–Crippen MR) is 218 cm³/mol. The average Bonchev–Trinajstić information content (AvgIpc) is 3.54. The van der Waals surface area contributed by atoms with E-state index in [-0.39, 0.29) is 47.4 Å². The number of nitrogens with two attached hydrogens (primary N) is 6. The molecule has 1 aliphatic carbocycles. The second-order valence-corrected chi connectivity index (χ2v) is 17.9. The van der Waals surface area contributed by atoms with Crippen LogP contribution in [0, 0.1) is 10.1 Å². The Labute approximate surface area is 364 Å². The predicted octanol–water partition coefficient (Wildman–Crippen LogP) is -7.34. The van der Waals surface area contributed by atoms with E-state index in [2.05, 4.69) is 5.32 Å². The number of hydrogen-bond donors (Lipinski definition) is 15. The molecular formula is C35H60N8O17S2. The SMILES string of the molecule is NCC1OC(OC2C(CSCSCC(=O)NC(CO)C(O)c3ccc([N+](=O)[O-])cc3)OC(OC3C(O)C(N)CC(N)C3OC3OC(CN)C(O)C(O)C3N)C2O)C(N)C(O)C1O. The van der Waals surface area contributed by atoms with Crippen LogP contribution in [0.2, 0.25) is 0 Å². The number of aliphatic hydroxyl groups is 8. The maximum Gasteiger partial charge on any atom is 0.269 e. The van der Waals surface area contributed by atoms with E-state index in [9.17, 15) is 55.8 Å². The van der Waals surface area contributed by atoms with Gasteiger partial charge in [-0.05, 0) is 24.1 Å². The van der Waals surface area contributed by atoms with Gasteiger partial charge >= 0.3 is 0 Å². The summed E-state index contributed by atoms with van der Waals surface area (Å²) in [6.07, 6.45) is -21.7. The van der Waals surface area contributed by atoms with Gasteiger partial charge in [-0.3, -0.25) is 14.9 Å². The quantitative estimate of drug-likeness (QED) is 0.0265. The van der Waals surface area contributed by atoms with E-state index >= 15 is 0 Å². The Morgan fingerprint density at radius 3 is 1.82 bits per heavy atom. The molecule has 25 nitrogen and oxygen atoms in total. The van der Waals surface area contributed by atoms with Crippen LogP contribution in [-0.4, -0.2) is 210 Å². The summed E-state index contributed by atoms with van der Waals surface area (Å²) in [5, 5.41) is 99.3. The lowest BCUT2D eigenvalue weighted by atomic mass is 9.84. The van der Waals surface area contributed by atoms with Crippen molar-refractivity contribution in [1.82, 2.24) is 5.32 Å². The fourth-order valence-electron chi connectivity index (χ4n) is 7.59. The van der Waals surface area contributed by atoms with E-state index in [1.165, 1.54) is 36.0 Å². The largest absolute Gasteiger partial charge is 0.394 e. The van der Waals surface area contributed by atoms with Crippen LogP contribution in [0.1, 0.15) is 18.1 Å². The molecule has 1 aromatic rings. The summed E-state index contributed by atoms with van der Waals surface area (Å²) in [4.78, 5) is 23.2. The van der Waals surface area contributed by atoms with E-state index in [1.54, 1.807) is 0 Å². The van der Waals surface area contributed by atoms with E-state index in [4.69, 9.17) is 62.8 Å². The van der Waals surface area contributed by atoms with Crippen LogP contribution in [0.25, 0.3) is 0 Å². The number of nitro benzene ring substituents is 1. The molecule has 4 fully saturated rings. The number of nitrogens with one attached hydrogen (secondary N) is 1. The molecule has 62 heavy (non-hydrogen) atoms. The number of thioether (sulfide) groups is 2. The summed E-state index contributed by atoms with van der Waals surface area (Å²) in [7, 11) is 0. The second kappa shape index (κ2) is 22.9. The first-order chi connectivity index (χ1) is 29.4. The number of hydrogen-bond acceptors (Lipinski definition) is 25. The van der Waals surface area contributed by atoms with Crippen molar-refractivity contribution in [3.63, 3.8) is 0 Å². The molecule has 0 radical (unpaired) electrons. The molecule has 1 amide bonds. The Bertz CT molecular complexity index is 1590. The summed E-state index contributed by atoms with van der Waals surface area (Å²) >= 11 is 2.41. The van der Waals surface area contributed by atoms with Crippen molar-refractivity contribution in [3.05, 3.63) is 39.9 Å². The molecule has 21 unspecified atom stereocenters. The summed E-state index contributed by atoms with van der Waals surface area (Å²) in [5.74, 6) is -0.557. The molecule has 0 aromatic heterocycles. The normalized spacial score (nSPS) is 41.1. The molecule has 4 aliphatic rings. The monoisotopic (exact) mass is 928 g/mol. The lowest BCUT2D eigenvalue weighted by Gasteiger charge is -2.47. The van der Waals surface area contributed by atoms with Gasteiger partial charge < -0.3 is 109 Å². The topological polar surface area (TPSA) is 446 Å². The van der Waals surface area contributed by atoms with Crippen LogP contribution in [-0.2, 0) is 33.2 Å². The number of amides is 1. The van der Waals surface area contributed by atoms with Crippen molar-refractivity contribution in [2.45, 2.75) is 135 Å². The van der Waals surface area contributed by atoms with E-state index < -0.39 is 146 Å². The molecule has 27 heteroatoms. The van der Waals surface area contributed by atoms with Gasteiger partial charge in [0.05, 0.1) is 47.6 Å². The fraction of sp³-hybridized carbons (Fsp3) is 0.800. The number of nitrogens with zero attached hydrogens (tertiary/aromatic N) is 1. The van der Waals surface area contributed by atoms with Crippen LogP contribution >= 0.6 is 23.5 Å². The molecule has 21 atom stereocenters. The molecule has 0 spiro atoms. The minimum absolute atomic E-state index is 0.0440. The number of rotatable bonds is 19. The first kappa shape index (κ1) is 51.0. The molecule has 1 saturated carbocycles. The third-order valence-electron chi connectivity index (χ3n) is 11.2. The Hall–Kier alpha value is -2.01. The molecule has 3 aliphatic heterocycles. The number of ether oxygens (including phenoxy) is 6. The molecule has 354 valence electrons. The fourth-order valence-corrected chi connectivity index (χ4v) is 9.54. The third-order valence-corrected chi connectivity index (χ3v) is 13.6. The van der Waals surface area contributed by atoms with Crippen molar-refractivity contribution in [3.8, 4) is 0 Å². The molecule has 1 aromatic carbocycles. The number of benzene rings is 1. The lowest BCUT2D eigenvalue weighted by molar-refractivity contribution is -0.384. The van der Waals surface area contributed by atoms with Gasteiger partial charge in [0.15, 0.2) is 18.9 Å². The average molecular weight is 929 g/mol. The number of carbonyl (C=O) groups is 1. The van der Waals surface area contributed by atoms with Gasteiger partial charge in [0.1, 0.15) is 67.1 Å². The van der Waals surface area contributed by atoms with Crippen molar-refractivity contribution in [2.24, 2.45) is 34.4 Å². The minimum Gasteiger partial charge on any atom is -0.394 e. The Morgan fingerprint density at radius 2 is 1.29 bits per heavy atom. The molecule has 3 heterocycles. The van der Waals surface area contributed by atoms with Crippen LogP contribution in [0.4, 0.5) is 5.69 Å². The van der Waals surface area contributed by atoms with Crippen molar-refractivity contribution in [1.29, 1.82) is 0 Å². The van der Waals surface area contributed by atoms with Crippen LogP contribution < -0.4 is 39.7 Å². The summed E-state index contributed by atoms with van der Waals surface area (Å²) in [6.45, 7) is -1.03.